The summed E-state index contributed by atoms with van der Waals surface area (Å²) >= 11 is 0. The quantitative estimate of drug-likeness (QED) is 0.803. The molecule has 2 rings (SSSR count). The zero-order valence-corrected chi connectivity index (χ0v) is 8.35. The van der Waals surface area contributed by atoms with E-state index in [0.29, 0.717) is 0 Å². The summed E-state index contributed by atoms with van der Waals surface area (Å²) in [6, 6.07) is 11.6. The van der Waals surface area contributed by atoms with Crippen LogP contribution in [0.25, 0.3) is 11.3 Å². The molecule has 1 radical (unpaired) electrons. The summed E-state index contributed by atoms with van der Waals surface area (Å²) in [5, 5.41) is 9.13. The largest absolute Gasteiger partial charge is 0.392 e. The Labute approximate surface area is 89.2 Å². The van der Waals surface area contributed by atoms with Crippen LogP contribution in [0.2, 0.25) is 0 Å². The van der Waals surface area contributed by atoms with Crippen LogP contribution in [-0.4, -0.2) is 10.1 Å². The first-order chi connectivity index (χ1) is 7.31. The van der Waals surface area contributed by atoms with Gasteiger partial charge in [-0.25, -0.2) is 0 Å². The number of nitrogens with zero attached hydrogens (tertiary/aromatic N) is 1. The number of pyridine rings is 1. The molecule has 0 amide bonds. The fraction of sp³-hybridized carbons (Fsp3) is 0.0769. The Morgan fingerprint density at radius 3 is 2.73 bits per heavy atom. The smallest absolute Gasteiger partial charge is 0.0702 e. The predicted molar refractivity (Wildman–Crippen MR) is 60.1 cm³/mol. The van der Waals surface area contributed by atoms with Gasteiger partial charge in [-0.1, -0.05) is 18.2 Å². The van der Waals surface area contributed by atoms with Crippen molar-refractivity contribution in [3.8, 4) is 11.3 Å². The lowest BCUT2D eigenvalue weighted by atomic mass is 10.0. The van der Waals surface area contributed by atoms with Crippen molar-refractivity contribution in [2.75, 3.05) is 0 Å². The van der Waals surface area contributed by atoms with Gasteiger partial charge in [0.15, 0.2) is 0 Å². The molecule has 75 valence electrons. The van der Waals surface area contributed by atoms with E-state index in [0.717, 1.165) is 22.4 Å². The Morgan fingerprint density at radius 2 is 2.07 bits per heavy atom. The number of rotatable bonds is 2. The van der Waals surface area contributed by atoms with Gasteiger partial charge in [0.1, 0.15) is 0 Å². The minimum Gasteiger partial charge on any atom is -0.392 e. The van der Waals surface area contributed by atoms with Crippen LogP contribution in [0.4, 0.5) is 0 Å². The molecule has 0 fully saturated rings. The summed E-state index contributed by atoms with van der Waals surface area (Å²) in [6.45, 7) is 3.86. The monoisotopic (exact) mass is 198 g/mol. The van der Waals surface area contributed by atoms with Gasteiger partial charge in [0.25, 0.3) is 0 Å². The second-order valence-corrected chi connectivity index (χ2v) is 3.36. The highest BCUT2D eigenvalue weighted by Gasteiger charge is 2.01. The summed E-state index contributed by atoms with van der Waals surface area (Å²) in [4.78, 5) is 4.25. The fourth-order valence-corrected chi connectivity index (χ4v) is 1.47. The topological polar surface area (TPSA) is 33.1 Å². The van der Waals surface area contributed by atoms with Crippen molar-refractivity contribution in [1.82, 2.24) is 4.98 Å². The zero-order valence-electron chi connectivity index (χ0n) is 8.35. The van der Waals surface area contributed by atoms with Crippen LogP contribution >= 0.6 is 0 Å². The van der Waals surface area contributed by atoms with E-state index in [2.05, 4.69) is 11.9 Å². The number of aliphatic hydroxyl groups is 1. The van der Waals surface area contributed by atoms with Gasteiger partial charge in [0.2, 0.25) is 0 Å². The maximum atomic E-state index is 9.13. The van der Waals surface area contributed by atoms with Crippen LogP contribution in [-0.2, 0) is 6.61 Å². The van der Waals surface area contributed by atoms with E-state index in [9.17, 15) is 0 Å². The van der Waals surface area contributed by atoms with Crippen molar-refractivity contribution in [2.24, 2.45) is 0 Å². The molecule has 0 spiro atoms. The van der Waals surface area contributed by atoms with Crippen molar-refractivity contribution in [1.29, 1.82) is 0 Å². The molecule has 0 unspecified atom stereocenters. The number of hydrogen-bond donors (Lipinski definition) is 1. The van der Waals surface area contributed by atoms with E-state index in [-0.39, 0.29) is 6.61 Å². The zero-order chi connectivity index (χ0) is 10.7. The first-order valence-electron chi connectivity index (χ1n) is 4.78. The van der Waals surface area contributed by atoms with E-state index in [1.54, 1.807) is 6.20 Å². The molecule has 0 aliphatic rings. The maximum Gasteiger partial charge on any atom is 0.0702 e. The Balaban J connectivity index is 2.46. The molecule has 1 N–H and O–H groups in total. The Hall–Kier alpha value is -1.67. The van der Waals surface area contributed by atoms with Gasteiger partial charge >= 0.3 is 0 Å². The van der Waals surface area contributed by atoms with Gasteiger partial charge in [-0.2, -0.15) is 0 Å². The highest BCUT2D eigenvalue weighted by molar-refractivity contribution is 5.61. The Bertz CT molecular complexity index is 451. The number of hydrogen-bond acceptors (Lipinski definition) is 2. The van der Waals surface area contributed by atoms with E-state index in [1.165, 1.54) is 0 Å². The Kier molecular flexibility index (Phi) is 2.79. The first kappa shape index (κ1) is 9.87. The minimum absolute atomic E-state index is 0.0134. The van der Waals surface area contributed by atoms with Crippen molar-refractivity contribution in [3.05, 3.63) is 60.6 Å². The van der Waals surface area contributed by atoms with Crippen LogP contribution in [0.5, 0.6) is 0 Å². The molecule has 0 aliphatic heterocycles. The van der Waals surface area contributed by atoms with Gasteiger partial charge in [-0.3, -0.25) is 4.98 Å². The standard InChI is InChI=1S/C13H12NO/c1-10-5-6-11(8-12(10)9-15)13-4-2-3-7-14-13/h2-8,15H,1,9H2. The van der Waals surface area contributed by atoms with E-state index in [4.69, 9.17) is 5.11 Å². The third-order valence-corrected chi connectivity index (χ3v) is 2.34. The predicted octanol–water partition coefficient (Wildman–Crippen LogP) is 2.42. The van der Waals surface area contributed by atoms with Crippen LogP contribution < -0.4 is 0 Å². The number of aliphatic hydroxyl groups excluding tert-OH is 1. The van der Waals surface area contributed by atoms with Crippen LogP contribution in [0.1, 0.15) is 11.1 Å². The molecule has 1 aromatic heterocycles. The van der Waals surface area contributed by atoms with Crippen LogP contribution in [0.3, 0.4) is 0 Å². The van der Waals surface area contributed by atoms with Crippen LogP contribution in [0.15, 0.2) is 42.6 Å². The van der Waals surface area contributed by atoms with Crippen molar-refractivity contribution >= 4 is 0 Å². The lowest BCUT2D eigenvalue weighted by Gasteiger charge is -2.05. The molecule has 2 nitrogen and oxygen atoms in total. The average Bonchev–Trinajstić information content (AvgIpc) is 2.31. The van der Waals surface area contributed by atoms with Crippen molar-refractivity contribution in [2.45, 2.75) is 6.61 Å². The van der Waals surface area contributed by atoms with E-state index < -0.39 is 0 Å². The maximum absolute atomic E-state index is 9.13. The van der Waals surface area contributed by atoms with Gasteiger partial charge in [0, 0.05) is 11.8 Å². The normalized spacial score (nSPS) is 10.3. The molecule has 2 heteroatoms. The minimum atomic E-state index is 0.0134. The second-order valence-electron chi connectivity index (χ2n) is 3.36. The number of benzene rings is 1. The van der Waals surface area contributed by atoms with Gasteiger partial charge in [-0.15, -0.1) is 0 Å². The molecule has 0 atom stereocenters. The average molecular weight is 198 g/mol. The number of aromatic nitrogens is 1. The van der Waals surface area contributed by atoms with Crippen molar-refractivity contribution < 1.29 is 5.11 Å². The van der Waals surface area contributed by atoms with Gasteiger partial charge < -0.3 is 5.11 Å². The highest BCUT2D eigenvalue weighted by Crippen LogP contribution is 2.20. The lowest BCUT2D eigenvalue weighted by molar-refractivity contribution is 0.281. The summed E-state index contributed by atoms with van der Waals surface area (Å²) in [7, 11) is 0. The molecule has 0 saturated heterocycles. The second kappa shape index (κ2) is 4.24. The van der Waals surface area contributed by atoms with Crippen LogP contribution in [0, 0.1) is 6.92 Å². The van der Waals surface area contributed by atoms with E-state index in [1.807, 2.05) is 36.4 Å². The summed E-state index contributed by atoms with van der Waals surface area (Å²) in [5.74, 6) is 0. The molecule has 1 aromatic carbocycles. The lowest BCUT2D eigenvalue weighted by Crippen LogP contribution is -1.90. The van der Waals surface area contributed by atoms with Gasteiger partial charge in [0.05, 0.1) is 12.3 Å². The molecule has 0 saturated carbocycles. The SMILES string of the molecule is [CH2]c1ccc(-c2ccccn2)cc1CO. The molecule has 15 heavy (non-hydrogen) atoms. The molecule has 0 aliphatic carbocycles. The first-order valence-corrected chi connectivity index (χ1v) is 4.78. The summed E-state index contributed by atoms with van der Waals surface area (Å²) in [5.41, 5.74) is 3.62. The summed E-state index contributed by atoms with van der Waals surface area (Å²) < 4.78 is 0. The third-order valence-electron chi connectivity index (χ3n) is 2.34. The van der Waals surface area contributed by atoms with Crippen molar-refractivity contribution in [3.63, 3.8) is 0 Å². The third kappa shape index (κ3) is 2.05. The molecule has 1 heterocycles. The molecule has 2 aromatic rings. The van der Waals surface area contributed by atoms with Gasteiger partial charge in [-0.05, 0) is 36.2 Å². The highest BCUT2D eigenvalue weighted by atomic mass is 16.3. The van der Waals surface area contributed by atoms with E-state index >= 15 is 0 Å². The molecule has 0 bridgehead atoms. The molecular formula is C13H12NO. The Morgan fingerprint density at radius 1 is 1.20 bits per heavy atom. The molecular weight excluding hydrogens is 186 g/mol. The fourth-order valence-electron chi connectivity index (χ4n) is 1.47. The summed E-state index contributed by atoms with van der Waals surface area (Å²) in [6.07, 6.45) is 1.76.